The smallest absolute Gasteiger partial charge is 0.179 e. The first kappa shape index (κ1) is 44.3. The number of aromatic nitrogens is 6. The van der Waals surface area contributed by atoms with Crippen LogP contribution >= 0.6 is 0 Å². The van der Waals surface area contributed by atoms with Crippen molar-refractivity contribution in [3.63, 3.8) is 0 Å². The van der Waals surface area contributed by atoms with E-state index in [4.69, 9.17) is 24.9 Å². The third-order valence-electron chi connectivity index (χ3n) is 14.0. The Morgan fingerprint density at radius 2 is 0.595 bits per heavy atom. The Morgan fingerprint density at radius 3 is 1.09 bits per heavy atom. The summed E-state index contributed by atoms with van der Waals surface area (Å²) in [5, 5.41) is 7.50. The lowest BCUT2D eigenvalue weighted by Gasteiger charge is -2.34. The molecule has 0 fully saturated rings. The fourth-order valence-corrected chi connectivity index (χ4v) is 15.4. The second kappa shape index (κ2) is 19.1. The van der Waals surface area contributed by atoms with Crippen LogP contribution in [0.1, 0.15) is 0 Å². The molecule has 74 heavy (non-hydrogen) atoms. The largest absolute Gasteiger partial charge is 0.294 e. The molecule has 7 heteroatoms. The van der Waals surface area contributed by atoms with Gasteiger partial charge in [0.2, 0.25) is 0 Å². The molecule has 13 aromatic rings. The van der Waals surface area contributed by atoms with Gasteiger partial charge in [0.05, 0.1) is 16.7 Å². The summed E-state index contributed by atoms with van der Waals surface area (Å²) in [6, 6.07) is 98.5. The van der Waals surface area contributed by atoms with Crippen molar-refractivity contribution in [2.45, 2.75) is 0 Å². The Kier molecular flexibility index (Phi) is 11.5. The lowest BCUT2D eigenvalue weighted by Crippen LogP contribution is -2.74. The molecule has 6 nitrogen and oxygen atoms in total. The second-order valence-electron chi connectivity index (χ2n) is 18.4. The number of benzene rings is 10. The maximum absolute atomic E-state index is 5.35. The fraction of sp³-hybridized carbons (Fsp3) is 0. The summed E-state index contributed by atoms with van der Waals surface area (Å²) in [4.78, 5) is 26.3. The van der Waals surface area contributed by atoms with Gasteiger partial charge < -0.3 is 0 Å². The third kappa shape index (κ3) is 8.07. The molecule has 0 aliphatic rings. The van der Waals surface area contributed by atoms with Crippen LogP contribution in [0.25, 0.3) is 95.6 Å². The van der Waals surface area contributed by atoms with Crippen LogP contribution in [0.15, 0.2) is 279 Å². The van der Waals surface area contributed by atoms with Crippen molar-refractivity contribution in [3.05, 3.63) is 279 Å². The van der Waals surface area contributed by atoms with E-state index in [0.29, 0.717) is 23.3 Å². The SMILES string of the molecule is c1ccc(-c2cc(-n3c4ccccc4c4ccccc43)nc(-c3cccc(-c4cccc(-c5nc(-c6ccccc6)nc(-c6cccc([Si](c7ccccc7)(c7ccccc7)c7ccccc7)c6)n5)c4)c3)n2)cc1. The van der Waals surface area contributed by atoms with Gasteiger partial charge in [-0.2, -0.15) is 0 Å². The Morgan fingerprint density at radius 1 is 0.243 bits per heavy atom. The highest BCUT2D eigenvalue weighted by molar-refractivity contribution is 7.19. The molecule has 0 saturated carbocycles. The molecule has 0 atom stereocenters. The fourth-order valence-electron chi connectivity index (χ4n) is 10.6. The van der Waals surface area contributed by atoms with E-state index in [1.807, 2.05) is 24.3 Å². The first-order chi connectivity index (χ1) is 36.7. The predicted molar refractivity (Wildman–Crippen MR) is 306 cm³/mol. The molecule has 3 heterocycles. The van der Waals surface area contributed by atoms with E-state index in [-0.39, 0.29) is 0 Å². The molecule has 0 spiro atoms. The quantitative estimate of drug-likeness (QED) is 0.0954. The number of nitrogens with zero attached hydrogens (tertiary/aromatic N) is 6. The summed E-state index contributed by atoms with van der Waals surface area (Å²) in [5.41, 5.74) is 9.70. The number of hydrogen-bond donors (Lipinski definition) is 0. The Balaban J connectivity index is 0.930. The van der Waals surface area contributed by atoms with Crippen molar-refractivity contribution in [1.82, 2.24) is 29.5 Å². The van der Waals surface area contributed by atoms with Crippen LogP contribution in [0.2, 0.25) is 0 Å². The van der Waals surface area contributed by atoms with Crippen molar-refractivity contribution >= 4 is 50.6 Å². The van der Waals surface area contributed by atoms with Gasteiger partial charge >= 0.3 is 0 Å². The molecular formula is C67H46N6Si. The van der Waals surface area contributed by atoms with Crippen LogP contribution in [0.5, 0.6) is 0 Å². The van der Waals surface area contributed by atoms with E-state index in [9.17, 15) is 0 Å². The van der Waals surface area contributed by atoms with E-state index in [1.54, 1.807) is 0 Å². The zero-order valence-electron chi connectivity index (χ0n) is 40.2. The van der Waals surface area contributed by atoms with Gasteiger partial charge in [-0.05, 0) is 56.1 Å². The van der Waals surface area contributed by atoms with Crippen molar-refractivity contribution in [2.75, 3.05) is 0 Å². The monoisotopic (exact) mass is 962 g/mol. The number of para-hydroxylation sites is 2. The Bertz CT molecular complexity index is 3980. The molecule has 0 aliphatic carbocycles. The average molecular weight is 963 g/mol. The number of hydrogen-bond acceptors (Lipinski definition) is 5. The van der Waals surface area contributed by atoms with Crippen LogP contribution in [-0.4, -0.2) is 37.6 Å². The summed E-state index contributed by atoms with van der Waals surface area (Å²) >= 11 is 0. The molecule has 0 unspecified atom stereocenters. The van der Waals surface area contributed by atoms with Crippen molar-refractivity contribution in [1.29, 1.82) is 0 Å². The van der Waals surface area contributed by atoms with E-state index >= 15 is 0 Å². The van der Waals surface area contributed by atoms with Gasteiger partial charge in [-0.15, -0.1) is 0 Å². The van der Waals surface area contributed by atoms with Crippen LogP contribution in [-0.2, 0) is 0 Å². The maximum Gasteiger partial charge on any atom is 0.179 e. The Labute approximate surface area is 430 Å². The molecule has 13 rings (SSSR count). The predicted octanol–water partition coefficient (Wildman–Crippen LogP) is 13.1. The minimum absolute atomic E-state index is 0.588. The van der Waals surface area contributed by atoms with Crippen molar-refractivity contribution in [2.24, 2.45) is 0 Å². The summed E-state index contributed by atoms with van der Waals surface area (Å²) in [5.74, 6) is 3.24. The summed E-state index contributed by atoms with van der Waals surface area (Å²) in [6.45, 7) is 0. The van der Waals surface area contributed by atoms with Gasteiger partial charge in [0.25, 0.3) is 0 Å². The molecule has 3 aromatic heterocycles. The summed E-state index contributed by atoms with van der Waals surface area (Å²) in [6.07, 6.45) is 0. The van der Waals surface area contributed by atoms with Crippen LogP contribution in [0.3, 0.4) is 0 Å². The molecule has 0 amide bonds. The first-order valence-corrected chi connectivity index (χ1v) is 26.9. The molecule has 0 N–H and O–H groups in total. The minimum atomic E-state index is -2.84. The van der Waals surface area contributed by atoms with Gasteiger partial charge in [-0.25, -0.2) is 24.9 Å². The zero-order chi connectivity index (χ0) is 49.3. The van der Waals surface area contributed by atoms with Gasteiger partial charge in [0.1, 0.15) is 5.82 Å². The topological polar surface area (TPSA) is 69.4 Å². The van der Waals surface area contributed by atoms with Gasteiger partial charge in [0.15, 0.2) is 31.4 Å². The van der Waals surface area contributed by atoms with Gasteiger partial charge in [-0.3, -0.25) is 4.57 Å². The van der Waals surface area contributed by atoms with Crippen molar-refractivity contribution in [3.8, 4) is 73.8 Å². The van der Waals surface area contributed by atoms with Crippen LogP contribution < -0.4 is 20.7 Å². The molecule has 0 aliphatic heterocycles. The van der Waals surface area contributed by atoms with Crippen LogP contribution in [0, 0.1) is 0 Å². The lowest BCUT2D eigenvalue weighted by atomic mass is 10.0. The highest BCUT2D eigenvalue weighted by Crippen LogP contribution is 2.35. The van der Waals surface area contributed by atoms with Crippen LogP contribution in [0.4, 0.5) is 0 Å². The highest BCUT2D eigenvalue weighted by Gasteiger charge is 2.41. The summed E-state index contributed by atoms with van der Waals surface area (Å²) < 4.78 is 2.26. The minimum Gasteiger partial charge on any atom is -0.294 e. The van der Waals surface area contributed by atoms with E-state index < -0.39 is 8.07 Å². The van der Waals surface area contributed by atoms with E-state index in [0.717, 1.165) is 61.5 Å². The van der Waals surface area contributed by atoms with Crippen molar-refractivity contribution < 1.29 is 0 Å². The van der Waals surface area contributed by atoms with Gasteiger partial charge in [-0.1, -0.05) is 249 Å². The molecule has 0 radical (unpaired) electrons. The van der Waals surface area contributed by atoms with Gasteiger partial charge in [0, 0.05) is 44.7 Å². The molecule has 0 bridgehead atoms. The highest BCUT2D eigenvalue weighted by atomic mass is 28.3. The first-order valence-electron chi connectivity index (χ1n) is 24.9. The molecule has 0 saturated heterocycles. The number of rotatable bonds is 11. The third-order valence-corrected chi connectivity index (χ3v) is 18.8. The van der Waals surface area contributed by atoms with E-state index in [1.165, 1.54) is 31.5 Å². The molecule has 10 aromatic carbocycles. The standard InChI is InChI=1S/C67H46N6Si/c1-6-23-47(24-7-1)60-46-63(73-61-41-18-16-39-58(61)59-40-17-19-42-62(59)73)69-65(68-60)51-29-20-27-49(43-51)50-28-21-30-52(44-50)66-70-64(48-25-8-2-9-26-48)71-67(72-66)53-31-22-38-57(45-53)74(54-32-10-3-11-33-54,55-34-12-4-13-35-55)56-36-14-5-15-37-56/h1-46H. The summed E-state index contributed by atoms with van der Waals surface area (Å²) in [7, 11) is -2.84. The molecule has 348 valence electrons. The van der Waals surface area contributed by atoms with E-state index in [2.05, 4.69) is 259 Å². The second-order valence-corrected chi connectivity index (χ2v) is 22.2. The molecular weight excluding hydrogens is 917 g/mol. The normalized spacial score (nSPS) is 11.5. The Hall–Kier alpha value is -9.69. The average Bonchev–Trinajstić information content (AvgIpc) is 3.83. The lowest BCUT2D eigenvalue weighted by molar-refractivity contribution is 1.05. The zero-order valence-corrected chi connectivity index (χ0v) is 41.2. The number of fused-ring (bicyclic) bond motifs is 3. The maximum atomic E-state index is 5.35.